The summed E-state index contributed by atoms with van der Waals surface area (Å²) in [4.78, 5) is 51.2. The first-order valence-corrected chi connectivity index (χ1v) is 13.5. The quantitative estimate of drug-likeness (QED) is 0.208. The van der Waals surface area contributed by atoms with Crippen LogP contribution in [0.4, 0.5) is 10.5 Å². The van der Waals surface area contributed by atoms with E-state index in [-0.39, 0.29) is 27.8 Å². The van der Waals surface area contributed by atoms with Crippen molar-refractivity contribution in [3.63, 3.8) is 0 Å². The number of nitrogens with zero attached hydrogens (tertiary/aromatic N) is 1. The van der Waals surface area contributed by atoms with E-state index in [0.29, 0.717) is 17.7 Å². The van der Waals surface area contributed by atoms with Crippen LogP contribution < -0.4 is 10.1 Å². The number of halogens is 3. The van der Waals surface area contributed by atoms with Crippen LogP contribution in [0.15, 0.2) is 35.2 Å². The molecule has 3 amide bonds. The van der Waals surface area contributed by atoms with Crippen molar-refractivity contribution in [3.05, 3.63) is 58.5 Å². The Morgan fingerprint density at radius 1 is 1.20 bits per heavy atom. The van der Waals surface area contributed by atoms with Gasteiger partial charge in [-0.05, 0) is 99.8 Å². The minimum absolute atomic E-state index is 0.105. The summed E-state index contributed by atoms with van der Waals surface area (Å²) in [6.07, 6.45) is 2.24. The van der Waals surface area contributed by atoms with Gasteiger partial charge in [-0.2, -0.15) is 0 Å². The molecule has 0 aliphatic carbocycles. The molecular weight excluding hydrogens is 722 g/mol. The second-order valence-electron chi connectivity index (χ2n) is 7.16. The largest absolute Gasteiger partial charge is 0.495 e. The SMILES string of the molecule is CCCOC(=O)c1cc(NC(=O)CN2C(=O)S/C(=C/c3cc(I)cc(I)c3OC)C2=O)ccc1Cl. The Morgan fingerprint density at radius 2 is 1.94 bits per heavy atom. The zero-order valence-corrected chi connectivity index (χ0v) is 24.4. The molecule has 1 heterocycles. The molecule has 2 aromatic carbocycles. The van der Waals surface area contributed by atoms with Crippen molar-refractivity contribution >= 4 is 103 Å². The van der Waals surface area contributed by atoms with Crippen molar-refractivity contribution in [2.45, 2.75) is 13.3 Å². The molecule has 0 spiro atoms. The van der Waals surface area contributed by atoms with Crippen molar-refractivity contribution in [2.24, 2.45) is 0 Å². The molecule has 1 fully saturated rings. The van der Waals surface area contributed by atoms with Gasteiger partial charge in [0.05, 0.1) is 32.8 Å². The van der Waals surface area contributed by atoms with Crippen LogP contribution >= 0.6 is 68.5 Å². The Bertz CT molecular complexity index is 1240. The Balaban J connectivity index is 1.73. The lowest BCUT2D eigenvalue weighted by molar-refractivity contribution is -0.127. The number of carbonyl (C=O) groups excluding carboxylic acids is 4. The number of nitrogens with one attached hydrogen (secondary N) is 1. The van der Waals surface area contributed by atoms with E-state index in [4.69, 9.17) is 21.1 Å². The molecule has 12 heteroatoms. The number of ether oxygens (including phenoxy) is 2. The predicted octanol–water partition coefficient (Wildman–Crippen LogP) is 5.80. The molecular formula is C23H19ClI2N2O6S. The van der Waals surface area contributed by atoms with E-state index in [1.807, 2.05) is 19.1 Å². The first-order valence-electron chi connectivity index (χ1n) is 10.2. The lowest BCUT2D eigenvalue weighted by atomic mass is 10.2. The second kappa shape index (κ2) is 12.4. The third-order valence-electron chi connectivity index (χ3n) is 4.61. The summed E-state index contributed by atoms with van der Waals surface area (Å²) >= 11 is 11.1. The number of rotatable bonds is 8. The molecule has 1 N–H and O–H groups in total. The number of carbonyl (C=O) groups is 4. The third-order valence-corrected chi connectivity index (χ3v) is 7.27. The van der Waals surface area contributed by atoms with E-state index in [1.165, 1.54) is 25.3 Å². The molecule has 1 aliphatic rings. The highest BCUT2D eigenvalue weighted by Crippen LogP contribution is 2.36. The molecule has 35 heavy (non-hydrogen) atoms. The monoisotopic (exact) mass is 740 g/mol. The third kappa shape index (κ3) is 6.89. The molecule has 0 aromatic heterocycles. The van der Waals surface area contributed by atoms with E-state index in [1.54, 1.807) is 6.08 Å². The summed E-state index contributed by atoms with van der Waals surface area (Å²) in [6, 6.07) is 8.12. The maximum absolute atomic E-state index is 12.9. The van der Waals surface area contributed by atoms with Crippen LogP contribution in [-0.2, 0) is 14.3 Å². The van der Waals surface area contributed by atoms with Crippen molar-refractivity contribution < 1.29 is 28.7 Å². The van der Waals surface area contributed by atoms with E-state index < -0.39 is 29.6 Å². The van der Waals surface area contributed by atoms with Gasteiger partial charge >= 0.3 is 5.97 Å². The first-order chi connectivity index (χ1) is 16.6. The highest BCUT2D eigenvalue weighted by atomic mass is 127. The van der Waals surface area contributed by atoms with Crippen LogP contribution in [0.1, 0.15) is 29.3 Å². The molecule has 0 saturated carbocycles. The smallest absolute Gasteiger partial charge is 0.339 e. The Morgan fingerprint density at radius 3 is 2.63 bits per heavy atom. The number of anilines is 1. The summed E-state index contributed by atoms with van der Waals surface area (Å²) in [7, 11) is 1.53. The summed E-state index contributed by atoms with van der Waals surface area (Å²) in [5.41, 5.74) is 1.04. The lowest BCUT2D eigenvalue weighted by Crippen LogP contribution is -2.36. The average Bonchev–Trinajstić information content (AvgIpc) is 3.05. The Kier molecular flexibility index (Phi) is 9.84. The van der Waals surface area contributed by atoms with Crippen LogP contribution in [0.25, 0.3) is 6.08 Å². The van der Waals surface area contributed by atoms with Crippen LogP contribution in [0, 0.1) is 7.14 Å². The van der Waals surface area contributed by atoms with Crippen LogP contribution in [0.3, 0.4) is 0 Å². The fraction of sp³-hybridized carbons (Fsp3) is 0.217. The molecule has 8 nitrogen and oxygen atoms in total. The number of imide groups is 1. The van der Waals surface area contributed by atoms with Gasteiger partial charge in [0.25, 0.3) is 11.1 Å². The van der Waals surface area contributed by atoms with Crippen LogP contribution in [-0.4, -0.2) is 48.2 Å². The standard InChI is InChI=1S/C23H19ClI2N2O6S/c1-3-6-34-22(31)15-10-14(4-5-16(15)24)27-19(29)11-28-21(30)18(35-23(28)32)8-12-7-13(25)9-17(26)20(12)33-2/h4-5,7-10H,3,6,11H2,1-2H3,(H,27,29)/b18-8+. The molecule has 0 bridgehead atoms. The molecule has 0 atom stereocenters. The molecule has 0 radical (unpaired) electrons. The number of hydrogen-bond acceptors (Lipinski definition) is 7. The summed E-state index contributed by atoms with van der Waals surface area (Å²) < 4.78 is 12.3. The minimum atomic E-state index is -0.607. The molecule has 0 unspecified atom stereocenters. The average molecular weight is 741 g/mol. The van der Waals surface area contributed by atoms with Crippen LogP contribution in [0.2, 0.25) is 5.02 Å². The first kappa shape index (κ1) is 27.7. The maximum Gasteiger partial charge on any atom is 0.339 e. The van der Waals surface area contributed by atoms with Gasteiger partial charge in [0.15, 0.2) is 0 Å². The zero-order valence-electron chi connectivity index (χ0n) is 18.5. The van der Waals surface area contributed by atoms with E-state index in [2.05, 4.69) is 50.5 Å². The van der Waals surface area contributed by atoms with Crippen molar-refractivity contribution in [2.75, 3.05) is 25.6 Å². The van der Waals surface area contributed by atoms with Gasteiger partial charge in [-0.15, -0.1) is 0 Å². The van der Waals surface area contributed by atoms with Crippen molar-refractivity contribution in [1.82, 2.24) is 4.90 Å². The van der Waals surface area contributed by atoms with E-state index in [9.17, 15) is 19.2 Å². The van der Waals surface area contributed by atoms with E-state index >= 15 is 0 Å². The molecule has 1 saturated heterocycles. The minimum Gasteiger partial charge on any atom is -0.495 e. The molecule has 1 aliphatic heterocycles. The van der Waals surface area contributed by atoms with Gasteiger partial charge in [-0.1, -0.05) is 18.5 Å². The normalized spacial score (nSPS) is 14.4. The van der Waals surface area contributed by atoms with Crippen molar-refractivity contribution in [1.29, 1.82) is 0 Å². The number of methoxy groups -OCH3 is 1. The van der Waals surface area contributed by atoms with Crippen molar-refractivity contribution in [3.8, 4) is 5.75 Å². The van der Waals surface area contributed by atoms with Gasteiger partial charge in [0, 0.05) is 14.8 Å². The van der Waals surface area contributed by atoms with E-state index in [0.717, 1.165) is 23.8 Å². The second-order valence-corrected chi connectivity index (χ2v) is 11.0. The topological polar surface area (TPSA) is 102 Å². The number of amides is 3. The Labute approximate surface area is 238 Å². The lowest BCUT2D eigenvalue weighted by Gasteiger charge is -2.13. The highest BCUT2D eigenvalue weighted by molar-refractivity contribution is 14.1. The fourth-order valence-corrected chi connectivity index (χ4v) is 6.19. The Hall–Kier alpha value is -1.84. The molecule has 2 aromatic rings. The number of thioether (sulfide) groups is 1. The molecule has 184 valence electrons. The van der Waals surface area contributed by atoms with Crippen LogP contribution in [0.5, 0.6) is 5.75 Å². The molecule has 3 rings (SSSR count). The highest BCUT2D eigenvalue weighted by Gasteiger charge is 2.36. The van der Waals surface area contributed by atoms with Gasteiger partial charge in [-0.3, -0.25) is 19.3 Å². The van der Waals surface area contributed by atoms with Gasteiger partial charge in [0.1, 0.15) is 12.3 Å². The number of hydrogen-bond donors (Lipinski definition) is 1. The summed E-state index contributed by atoms with van der Waals surface area (Å²) in [6.45, 7) is 1.62. The zero-order chi connectivity index (χ0) is 25.7. The summed E-state index contributed by atoms with van der Waals surface area (Å²) in [5.74, 6) is -1.20. The fourth-order valence-electron chi connectivity index (χ4n) is 3.06. The maximum atomic E-state index is 12.9. The number of esters is 1. The summed E-state index contributed by atoms with van der Waals surface area (Å²) in [5, 5.41) is 2.21. The van der Waals surface area contributed by atoms with Gasteiger partial charge in [-0.25, -0.2) is 4.79 Å². The predicted molar refractivity (Wildman–Crippen MR) is 152 cm³/mol. The van der Waals surface area contributed by atoms with Gasteiger partial charge in [0.2, 0.25) is 5.91 Å². The number of benzene rings is 2. The van der Waals surface area contributed by atoms with Gasteiger partial charge < -0.3 is 14.8 Å².